The van der Waals surface area contributed by atoms with Crippen LogP contribution >= 0.6 is 23.2 Å². The number of aromatic nitrogens is 3. The molecule has 0 spiro atoms. The number of hydrogen-bond acceptors (Lipinski definition) is 2. The van der Waals surface area contributed by atoms with Gasteiger partial charge in [-0.05, 0) is 47.0 Å². The van der Waals surface area contributed by atoms with Crippen molar-refractivity contribution >= 4 is 28.8 Å². The van der Waals surface area contributed by atoms with E-state index < -0.39 is 24.8 Å². The van der Waals surface area contributed by atoms with Crippen LogP contribution in [0.25, 0.3) is 27.9 Å². The van der Waals surface area contributed by atoms with E-state index in [0.29, 0.717) is 15.6 Å². The largest absolute Gasteiger partial charge is 0.390 e. The van der Waals surface area contributed by atoms with Crippen molar-refractivity contribution in [3.8, 4) is 22.3 Å². The lowest BCUT2D eigenvalue weighted by Gasteiger charge is -2.11. The van der Waals surface area contributed by atoms with Crippen LogP contribution in [0.4, 0.5) is 13.2 Å². The monoisotopic (exact) mass is 451 g/mol. The van der Waals surface area contributed by atoms with Gasteiger partial charge < -0.3 is 0 Å². The zero-order chi connectivity index (χ0) is 21.5. The van der Waals surface area contributed by atoms with Gasteiger partial charge in [0.2, 0.25) is 0 Å². The molecular formula is C21H14Cl2F3N3O. The van der Waals surface area contributed by atoms with Gasteiger partial charge in [-0.25, -0.2) is 13.9 Å². The maximum atomic E-state index is 12.7. The predicted molar refractivity (Wildman–Crippen MR) is 111 cm³/mol. The number of pyridine rings is 1. The average Bonchev–Trinajstić information content (AvgIpc) is 3.02. The van der Waals surface area contributed by atoms with Crippen LogP contribution in [-0.2, 0) is 6.54 Å². The van der Waals surface area contributed by atoms with Crippen molar-refractivity contribution in [2.24, 2.45) is 0 Å². The molecule has 0 N–H and O–H groups in total. The molecule has 0 saturated heterocycles. The van der Waals surface area contributed by atoms with E-state index in [-0.39, 0.29) is 5.65 Å². The van der Waals surface area contributed by atoms with Crippen molar-refractivity contribution in [2.45, 2.75) is 19.1 Å². The van der Waals surface area contributed by atoms with E-state index in [1.165, 1.54) is 10.6 Å². The summed E-state index contributed by atoms with van der Waals surface area (Å²) >= 11 is 12.0. The van der Waals surface area contributed by atoms with Crippen molar-refractivity contribution < 1.29 is 13.2 Å². The molecule has 0 aliphatic rings. The Labute approximate surface area is 179 Å². The van der Waals surface area contributed by atoms with E-state index in [9.17, 15) is 18.0 Å². The summed E-state index contributed by atoms with van der Waals surface area (Å²) in [6.07, 6.45) is -4.02. The molecule has 0 radical (unpaired) electrons. The van der Waals surface area contributed by atoms with Gasteiger partial charge in [-0.2, -0.15) is 13.2 Å². The summed E-state index contributed by atoms with van der Waals surface area (Å²) in [7, 11) is 0. The second-order valence-corrected chi connectivity index (χ2v) is 7.56. The highest BCUT2D eigenvalue weighted by Crippen LogP contribution is 2.35. The SMILES string of the molecule is O=c1n(CCC(F)(F)F)nc2c(-c3ccc(Cl)cc3)c(-c3ccc(Cl)cc3)ccn12. The minimum atomic E-state index is -4.39. The van der Waals surface area contributed by atoms with Gasteiger partial charge in [0.25, 0.3) is 0 Å². The van der Waals surface area contributed by atoms with Gasteiger partial charge in [0.15, 0.2) is 5.65 Å². The molecule has 0 saturated carbocycles. The second kappa shape index (κ2) is 7.81. The van der Waals surface area contributed by atoms with E-state index in [1.807, 2.05) is 12.1 Å². The molecule has 30 heavy (non-hydrogen) atoms. The van der Waals surface area contributed by atoms with E-state index in [2.05, 4.69) is 5.10 Å². The third-order valence-corrected chi connectivity index (χ3v) is 5.15. The van der Waals surface area contributed by atoms with E-state index in [1.54, 1.807) is 42.5 Å². The molecule has 4 nitrogen and oxygen atoms in total. The standard InChI is InChI=1S/C21H14Cl2F3N3O/c22-15-5-1-13(2-6-15)17-9-11-28-19(18(17)14-3-7-16(23)8-4-14)27-29(20(28)30)12-10-21(24,25)26/h1-9,11H,10,12H2. The summed E-state index contributed by atoms with van der Waals surface area (Å²) in [4.78, 5) is 12.6. The van der Waals surface area contributed by atoms with Crippen LogP contribution in [0.2, 0.25) is 10.0 Å². The Morgan fingerprint density at radius 2 is 1.43 bits per heavy atom. The molecular weight excluding hydrogens is 438 g/mol. The van der Waals surface area contributed by atoms with Crippen molar-refractivity contribution in [3.63, 3.8) is 0 Å². The minimum Gasteiger partial charge on any atom is -0.250 e. The number of fused-ring (bicyclic) bond motifs is 1. The van der Waals surface area contributed by atoms with E-state index >= 15 is 0 Å². The lowest BCUT2D eigenvalue weighted by Crippen LogP contribution is -2.24. The van der Waals surface area contributed by atoms with E-state index in [0.717, 1.165) is 21.4 Å². The predicted octanol–water partition coefficient (Wildman–Crippen LogP) is 6.09. The van der Waals surface area contributed by atoms with Crippen molar-refractivity contribution in [2.75, 3.05) is 0 Å². The lowest BCUT2D eigenvalue weighted by atomic mass is 9.96. The van der Waals surface area contributed by atoms with Gasteiger partial charge >= 0.3 is 11.9 Å². The van der Waals surface area contributed by atoms with Crippen LogP contribution in [0.5, 0.6) is 0 Å². The zero-order valence-electron chi connectivity index (χ0n) is 15.3. The summed E-state index contributed by atoms with van der Waals surface area (Å²) in [5, 5.41) is 5.33. The average molecular weight is 452 g/mol. The molecule has 4 rings (SSSR count). The molecule has 0 unspecified atom stereocenters. The summed E-state index contributed by atoms with van der Waals surface area (Å²) in [6, 6.07) is 15.8. The highest BCUT2D eigenvalue weighted by atomic mass is 35.5. The quantitative estimate of drug-likeness (QED) is 0.376. The Hall–Kier alpha value is -2.77. The number of aryl methyl sites for hydroxylation is 1. The highest BCUT2D eigenvalue weighted by molar-refractivity contribution is 6.31. The molecule has 0 aliphatic carbocycles. The fourth-order valence-electron chi connectivity index (χ4n) is 3.23. The molecule has 9 heteroatoms. The molecule has 2 aromatic heterocycles. The van der Waals surface area contributed by atoms with Gasteiger partial charge in [-0.3, -0.25) is 0 Å². The van der Waals surface area contributed by atoms with E-state index in [4.69, 9.17) is 23.2 Å². The highest BCUT2D eigenvalue weighted by Gasteiger charge is 2.28. The summed E-state index contributed by atoms with van der Waals surface area (Å²) in [5.74, 6) is 0. The van der Waals surface area contributed by atoms with Crippen LogP contribution in [0.1, 0.15) is 6.42 Å². The number of alkyl halides is 3. The second-order valence-electron chi connectivity index (χ2n) is 6.68. The number of rotatable bonds is 4. The first kappa shape index (κ1) is 20.5. The summed E-state index contributed by atoms with van der Waals surface area (Å²) in [5.41, 5.74) is 2.55. The molecule has 0 aliphatic heterocycles. The van der Waals surface area contributed by atoms with Gasteiger partial charge in [-0.15, -0.1) is 5.10 Å². The Bertz CT molecular complexity index is 1260. The first-order chi connectivity index (χ1) is 14.2. The first-order valence-electron chi connectivity index (χ1n) is 8.94. The lowest BCUT2D eigenvalue weighted by molar-refractivity contribution is -0.137. The summed E-state index contributed by atoms with van der Waals surface area (Å²) < 4.78 is 40.1. The van der Waals surface area contributed by atoms with Crippen LogP contribution in [0.15, 0.2) is 65.6 Å². The first-order valence-corrected chi connectivity index (χ1v) is 9.69. The minimum absolute atomic E-state index is 0.261. The molecule has 0 amide bonds. The van der Waals surface area contributed by atoms with Gasteiger partial charge in [0.1, 0.15) is 0 Å². The Kier molecular flexibility index (Phi) is 5.34. The van der Waals surface area contributed by atoms with Crippen LogP contribution < -0.4 is 5.69 Å². The third kappa shape index (κ3) is 4.08. The van der Waals surface area contributed by atoms with Crippen LogP contribution in [-0.4, -0.2) is 20.4 Å². The van der Waals surface area contributed by atoms with Gasteiger partial charge in [-0.1, -0.05) is 47.5 Å². The molecule has 2 aromatic carbocycles. The smallest absolute Gasteiger partial charge is 0.250 e. The summed E-state index contributed by atoms with van der Waals surface area (Å²) in [6.45, 7) is -0.555. The third-order valence-electron chi connectivity index (χ3n) is 4.65. The van der Waals surface area contributed by atoms with Crippen LogP contribution in [0.3, 0.4) is 0 Å². The van der Waals surface area contributed by atoms with Gasteiger partial charge in [0.05, 0.1) is 13.0 Å². The fraction of sp³-hybridized carbons (Fsp3) is 0.143. The van der Waals surface area contributed by atoms with Crippen molar-refractivity contribution in [1.82, 2.24) is 14.2 Å². The number of benzene rings is 2. The molecule has 4 aromatic rings. The number of hydrogen-bond donors (Lipinski definition) is 0. The molecule has 2 heterocycles. The van der Waals surface area contributed by atoms with Gasteiger partial charge in [0, 0.05) is 21.8 Å². The molecule has 0 fully saturated rings. The Morgan fingerprint density at radius 3 is 2.00 bits per heavy atom. The molecule has 0 bridgehead atoms. The van der Waals surface area contributed by atoms with Crippen molar-refractivity contribution in [1.29, 1.82) is 0 Å². The Morgan fingerprint density at radius 1 is 0.867 bits per heavy atom. The van der Waals surface area contributed by atoms with Crippen molar-refractivity contribution in [3.05, 3.63) is 81.3 Å². The number of halogens is 5. The Balaban J connectivity index is 1.95. The molecule has 0 atom stereocenters. The maximum absolute atomic E-state index is 12.7. The maximum Gasteiger partial charge on any atom is 0.390 e. The fourth-order valence-corrected chi connectivity index (χ4v) is 3.48. The van der Waals surface area contributed by atoms with Crippen LogP contribution in [0, 0.1) is 0 Å². The normalized spacial score (nSPS) is 11.9. The number of nitrogens with zero attached hydrogens (tertiary/aromatic N) is 3. The zero-order valence-corrected chi connectivity index (χ0v) is 16.8. The topological polar surface area (TPSA) is 39.3 Å². The molecule has 154 valence electrons.